The number of hydrogen-bond acceptors (Lipinski definition) is 5. The number of likely N-dealkylation sites (tertiary alicyclic amines) is 1. The fraction of sp³-hybridized carbons (Fsp3) is 0.263. The van der Waals surface area contributed by atoms with Crippen LogP contribution in [0.15, 0.2) is 54.9 Å². The molecule has 1 amide bonds. The number of carbonyl (C=O) groups is 1. The van der Waals surface area contributed by atoms with Gasteiger partial charge in [0.2, 0.25) is 5.91 Å². The van der Waals surface area contributed by atoms with Crippen LogP contribution in [0.5, 0.6) is 0 Å². The Balaban J connectivity index is 1.44. The molecule has 2 heterocycles. The van der Waals surface area contributed by atoms with Gasteiger partial charge in [0.15, 0.2) is 0 Å². The normalized spacial score (nSPS) is 17.1. The molecule has 1 N–H and O–H groups in total. The third kappa shape index (κ3) is 4.15. The zero-order valence-electron chi connectivity index (χ0n) is 14.6. The summed E-state index contributed by atoms with van der Waals surface area (Å²) in [5.74, 6) is 0.00956. The van der Waals surface area contributed by atoms with E-state index in [2.05, 4.69) is 25.7 Å². The number of halogens is 1. The molecule has 138 valence electrons. The average molecular weight is 383 g/mol. The smallest absolute Gasteiger partial charge is 0.241 e. The number of carbonyl (C=O) groups excluding carboxylic acids is 1. The van der Waals surface area contributed by atoms with Gasteiger partial charge >= 0.3 is 0 Å². The molecular weight excluding hydrogens is 364 g/mol. The molecule has 0 radical (unpaired) electrons. The van der Waals surface area contributed by atoms with Crippen LogP contribution in [0.3, 0.4) is 0 Å². The third-order valence-corrected chi connectivity index (χ3v) is 4.94. The second-order valence-electron chi connectivity index (χ2n) is 6.55. The fourth-order valence-electron chi connectivity index (χ4n) is 3.37. The summed E-state index contributed by atoms with van der Waals surface area (Å²) in [6.07, 6.45) is 3.38. The summed E-state index contributed by atoms with van der Waals surface area (Å²) >= 11 is 5.96. The molecule has 1 aliphatic rings. The molecule has 1 aromatic heterocycles. The molecule has 0 spiro atoms. The first-order chi connectivity index (χ1) is 13.2. The van der Waals surface area contributed by atoms with Gasteiger partial charge in [0, 0.05) is 17.3 Å². The van der Waals surface area contributed by atoms with Crippen molar-refractivity contribution in [3.63, 3.8) is 0 Å². The van der Waals surface area contributed by atoms with Crippen LogP contribution in [-0.4, -0.2) is 43.6 Å². The molecular formula is C19H19ClN6O. The Kier molecular flexibility index (Phi) is 5.13. The zero-order valence-corrected chi connectivity index (χ0v) is 15.4. The Labute approximate surface area is 161 Å². The first-order valence-electron chi connectivity index (χ1n) is 8.82. The summed E-state index contributed by atoms with van der Waals surface area (Å²) in [6.45, 7) is 1.64. The Morgan fingerprint density at radius 2 is 2.07 bits per heavy atom. The lowest BCUT2D eigenvalue weighted by Crippen LogP contribution is -2.39. The van der Waals surface area contributed by atoms with Crippen LogP contribution in [0.1, 0.15) is 18.4 Å². The average Bonchev–Trinajstić information content (AvgIpc) is 3.36. The van der Waals surface area contributed by atoms with Crippen molar-refractivity contribution in [3.05, 3.63) is 65.4 Å². The Bertz CT molecular complexity index is 912. The van der Waals surface area contributed by atoms with Gasteiger partial charge in [0.25, 0.3) is 0 Å². The van der Waals surface area contributed by atoms with Gasteiger partial charge in [-0.25, -0.2) is 4.68 Å². The van der Waals surface area contributed by atoms with E-state index < -0.39 is 0 Å². The van der Waals surface area contributed by atoms with Crippen LogP contribution in [0.25, 0.3) is 5.69 Å². The number of hydrogen-bond donors (Lipinski definition) is 1. The molecule has 3 aromatic rings. The topological polar surface area (TPSA) is 75.9 Å². The van der Waals surface area contributed by atoms with Crippen molar-refractivity contribution in [2.75, 3.05) is 11.9 Å². The van der Waals surface area contributed by atoms with Gasteiger partial charge in [0.1, 0.15) is 6.33 Å². The molecule has 1 fully saturated rings. The lowest BCUT2D eigenvalue weighted by Gasteiger charge is -2.24. The first kappa shape index (κ1) is 17.6. The second kappa shape index (κ2) is 7.85. The number of benzene rings is 2. The van der Waals surface area contributed by atoms with E-state index in [4.69, 9.17) is 11.6 Å². The lowest BCUT2D eigenvalue weighted by atomic mass is 10.1. The molecule has 1 atom stereocenters. The second-order valence-corrected chi connectivity index (χ2v) is 6.99. The summed E-state index contributed by atoms with van der Waals surface area (Å²) in [4.78, 5) is 15.1. The van der Waals surface area contributed by atoms with E-state index in [1.165, 1.54) is 6.33 Å². The van der Waals surface area contributed by atoms with Crippen molar-refractivity contribution in [3.8, 4) is 5.69 Å². The van der Waals surface area contributed by atoms with E-state index in [0.29, 0.717) is 0 Å². The van der Waals surface area contributed by atoms with E-state index in [1.807, 2.05) is 48.5 Å². The molecule has 1 saturated heterocycles. The molecule has 7 nitrogen and oxygen atoms in total. The molecule has 0 aliphatic carbocycles. The van der Waals surface area contributed by atoms with Crippen LogP contribution in [-0.2, 0) is 11.3 Å². The maximum absolute atomic E-state index is 12.8. The minimum Gasteiger partial charge on any atom is -0.325 e. The highest BCUT2D eigenvalue weighted by Crippen LogP contribution is 2.23. The monoisotopic (exact) mass is 382 g/mol. The highest BCUT2D eigenvalue weighted by atomic mass is 35.5. The standard InChI is InChI=1S/C19H19ClN6O/c20-15-8-6-14(7-9-15)12-25-10-2-5-18(25)19(27)22-16-3-1-4-17(11-16)26-13-21-23-24-26/h1,3-4,6-9,11,13,18H,2,5,10,12H2,(H,22,27)/t18-/m0/s1. The number of nitrogens with zero attached hydrogens (tertiary/aromatic N) is 5. The first-order valence-corrected chi connectivity index (χ1v) is 9.19. The summed E-state index contributed by atoms with van der Waals surface area (Å²) < 4.78 is 1.55. The summed E-state index contributed by atoms with van der Waals surface area (Å²) in [7, 11) is 0. The van der Waals surface area contributed by atoms with Gasteiger partial charge in [-0.05, 0) is 65.7 Å². The van der Waals surface area contributed by atoms with Gasteiger partial charge < -0.3 is 5.32 Å². The van der Waals surface area contributed by atoms with Crippen molar-refractivity contribution in [2.45, 2.75) is 25.4 Å². The van der Waals surface area contributed by atoms with Crippen LogP contribution in [0.4, 0.5) is 5.69 Å². The summed E-state index contributed by atoms with van der Waals surface area (Å²) in [5.41, 5.74) is 2.67. The molecule has 0 saturated carbocycles. The zero-order chi connectivity index (χ0) is 18.6. The predicted molar refractivity (Wildman–Crippen MR) is 103 cm³/mol. The molecule has 0 bridgehead atoms. The van der Waals surface area contributed by atoms with Crippen molar-refractivity contribution in [1.29, 1.82) is 0 Å². The van der Waals surface area contributed by atoms with Gasteiger partial charge in [-0.1, -0.05) is 29.8 Å². The summed E-state index contributed by atoms with van der Waals surface area (Å²) in [5, 5.41) is 14.9. The van der Waals surface area contributed by atoms with Gasteiger partial charge in [-0.2, -0.15) is 0 Å². The Morgan fingerprint density at radius 1 is 1.22 bits per heavy atom. The van der Waals surface area contributed by atoms with Crippen molar-refractivity contribution in [1.82, 2.24) is 25.1 Å². The highest BCUT2D eigenvalue weighted by Gasteiger charge is 2.30. The minimum atomic E-state index is -0.141. The van der Waals surface area contributed by atoms with E-state index in [-0.39, 0.29) is 11.9 Å². The number of amides is 1. The van der Waals surface area contributed by atoms with Gasteiger partial charge in [-0.3, -0.25) is 9.69 Å². The number of aromatic nitrogens is 4. The molecule has 27 heavy (non-hydrogen) atoms. The number of anilines is 1. The van der Waals surface area contributed by atoms with Gasteiger partial charge in [0.05, 0.1) is 11.7 Å². The maximum Gasteiger partial charge on any atom is 0.241 e. The highest BCUT2D eigenvalue weighted by molar-refractivity contribution is 6.30. The van der Waals surface area contributed by atoms with Crippen LogP contribution in [0, 0.1) is 0 Å². The van der Waals surface area contributed by atoms with E-state index >= 15 is 0 Å². The van der Waals surface area contributed by atoms with Crippen LogP contribution in [0.2, 0.25) is 5.02 Å². The summed E-state index contributed by atoms with van der Waals surface area (Å²) in [6, 6.07) is 15.1. The largest absolute Gasteiger partial charge is 0.325 e. The number of nitrogens with one attached hydrogen (secondary N) is 1. The molecule has 4 rings (SSSR count). The van der Waals surface area contributed by atoms with Crippen molar-refractivity contribution < 1.29 is 4.79 Å². The van der Waals surface area contributed by atoms with Gasteiger partial charge in [-0.15, -0.1) is 5.10 Å². The minimum absolute atomic E-state index is 0.00956. The van der Waals surface area contributed by atoms with E-state index in [1.54, 1.807) is 4.68 Å². The van der Waals surface area contributed by atoms with Crippen molar-refractivity contribution in [2.24, 2.45) is 0 Å². The lowest BCUT2D eigenvalue weighted by molar-refractivity contribution is -0.120. The third-order valence-electron chi connectivity index (χ3n) is 4.69. The Hall–Kier alpha value is -2.77. The maximum atomic E-state index is 12.8. The quantitative estimate of drug-likeness (QED) is 0.734. The van der Waals surface area contributed by atoms with Crippen molar-refractivity contribution >= 4 is 23.2 Å². The SMILES string of the molecule is O=C(Nc1cccc(-n2cnnn2)c1)[C@@H]1CCCN1Cc1ccc(Cl)cc1. The molecule has 1 aliphatic heterocycles. The molecule has 2 aromatic carbocycles. The molecule has 0 unspecified atom stereocenters. The van der Waals surface area contributed by atoms with Crippen LogP contribution >= 0.6 is 11.6 Å². The number of rotatable bonds is 5. The molecule has 8 heteroatoms. The van der Waals surface area contributed by atoms with Crippen LogP contribution < -0.4 is 5.32 Å². The predicted octanol–water partition coefficient (Wildman–Crippen LogP) is 2.92. The van der Waals surface area contributed by atoms with E-state index in [0.717, 1.165) is 47.9 Å². The fourth-order valence-corrected chi connectivity index (χ4v) is 3.49. The number of tetrazole rings is 1. The Morgan fingerprint density at radius 3 is 2.85 bits per heavy atom. The van der Waals surface area contributed by atoms with E-state index in [9.17, 15) is 4.79 Å².